The summed E-state index contributed by atoms with van der Waals surface area (Å²) in [6.45, 7) is 0. The lowest BCUT2D eigenvalue weighted by Crippen LogP contribution is -2.25. The van der Waals surface area contributed by atoms with Crippen molar-refractivity contribution in [2.75, 3.05) is 0 Å². The normalized spacial score (nSPS) is 16.3. The number of pyridine rings is 1. The molecule has 4 nitrogen and oxygen atoms in total. The summed E-state index contributed by atoms with van der Waals surface area (Å²) in [6.07, 6.45) is 4.66. The highest BCUT2D eigenvalue weighted by atomic mass is 16.2. The van der Waals surface area contributed by atoms with E-state index in [0.29, 0.717) is 12.8 Å². The van der Waals surface area contributed by atoms with Gasteiger partial charge in [0, 0.05) is 30.8 Å². The topological polar surface area (TPSA) is 54.4 Å². The van der Waals surface area contributed by atoms with Gasteiger partial charge in [-0.25, -0.2) is 5.43 Å². The zero-order valence-corrected chi connectivity index (χ0v) is 7.03. The molecule has 0 fully saturated rings. The number of rotatable bonds is 1. The van der Waals surface area contributed by atoms with E-state index in [1.807, 2.05) is 12.1 Å². The van der Waals surface area contributed by atoms with Crippen molar-refractivity contribution in [3.63, 3.8) is 0 Å². The molecule has 1 amide bonds. The Hall–Kier alpha value is -1.71. The summed E-state index contributed by atoms with van der Waals surface area (Å²) < 4.78 is 0. The highest BCUT2D eigenvalue weighted by molar-refractivity contribution is 6.03. The molecule has 1 aromatic rings. The fourth-order valence-electron chi connectivity index (χ4n) is 1.22. The van der Waals surface area contributed by atoms with E-state index >= 15 is 0 Å². The molecule has 1 N–H and O–H groups in total. The van der Waals surface area contributed by atoms with Crippen LogP contribution in [-0.2, 0) is 4.79 Å². The molecule has 0 unspecified atom stereocenters. The molecular weight excluding hydrogens is 166 g/mol. The predicted molar refractivity (Wildman–Crippen MR) is 48.2 cm³/mol. The van der Waals surface area contributed by atoms with Gasteiger partial charge in [-0.2, -0.15) is 5.10 Å². The number of hydrogen-bond donors (Lipinski definition) is 1. The van der Waals surface area contributed by atoms with E-state index in [2.05, 4.69) is 15.5 Å². The van der Waals surface area contributed by atoms with E-state index in [1.165, 1.54) is 0 Å². The zero-order valence-electron chi connectivity index (χ0n) is 7.03. The Morgan fingerprint density at radius 2 is 2.31 bits per heavy atom. The lowest BCUT2D eigenvalue weighted by molar-refractivity contribution is -0.121. The van der Waals surface area contributed by atoms with Crippen LogP contribution in [-0.4, -0.2) is 16.6 Å². The maximum absolute atomic E-state index is 10.8. The first-order valence-electron chi connectivity index (χ1n) is 4.12. The first-order valence-corrected chi connectivity index (χ1v) is 4.12. The number of hydrogen-bond acceptors (Lipinski definition) is 3. The molecule has 0 spiro atoms. The molecule has 0 atom stereocenters. The van der Waals surface area contributed by atoms with Crippen LogP contribution in [0.15, 0.2) is 29.6 Å². The van der Waals surface area contributed by atoms with Crippen LogP contribution in [0.1, 0.15) is 18.4 Å². The molecule has 66 valence electrons. The maximum Gasteiger partial charge on any atom is 0.240 e. The van der Waals surface area contributed by atoms with E-state index in [1.54, 1.807) is 12.4 Å². The Morgan fingerprint density at radius 3 is 2.92 bits per heavy atom. The lowest BCUT2D eigenvalue weighted by atomic mass is 10.1. The van der Waals surface area contributed by atoms with E-state index in [4.69, 9.17) is 0 Å². The fourth-order valence-corrected chi connectivity index (χ4v) is 1.22. The Labute approximate surface area is 75.7 Å². The van der Waals surface area contributed by atoms with Crippen LogP contribution >= 0.6 is 0 Å². The average molecular weight is 175 g/mol. The van der Waals surface area contributed by atoms with Crippen molar-refractivity contribution in [3.05, 3.63) is 30.1 Å². The summed E-state index contributed by atoms with van der Waals surface area (Å²) in [6, 6.07) is 3.79. The molecule has 0 bridgehead atoms. The summed E-state index contributed by atoms with van der Waals surface area (Å²) >= 11 is 0. The summed E-state index contributed by atoms with van der Waals surface area (Å²) in [5.74, 6) is -0.0207. The van der Waals surface area contributed by atoms with Crippen molar-refractivity contribution in [1.82, 2.24) is 10.4 Å². The Bertz CT molecular complexity index is 345. The smallest absolute Gasteiger partial charge is 0.240 e. The number of nitrogens with one attached hydrogen (secondary N) is 1. The van der Waals surface area contributed by atoms with Gasteiger partial charge in [0.2, 0.25) is 5.91 Å². The van der Waals surface area contributed by atoms with Crippen LogP contribution in [0.25, 0.3) is 0 Å². The van der Waals surface area contributed by atoms with Crippen LogP contribution in [0.5, 0.6) is 0 Å². The van der Waals surface area contributed by atoms with Crippen molar-refractivity contribution >= 4 is 11.6 Å². The minimum absolute atomic E-state index is 0.0207. The molecule has 0 saturated carbocycles. The van der Waals surface area contributed by atoms with Gasteiger partial charge in [-0.3, -0.25) is 9.78 Å². The van der Waals surface area contributed by atoms with Crippen molar-refractivity contribution in [3.8, 4) is 0 Å². The third-order valence-corrected chi connectivity index (χ3v) is 1.90. The van der Waals surface area contributed by atoms with E-state index < -0.39 is 0 Å². The fraction of sp³-hybridized carbons (Fsp3) is 0.222. The van der Waals surface area contributed by atoms with E-state index in [9.17, 15) is 4.79 Å². The molecule has 0 saturated heterocycles. The third kappa shape index (κ3) is 1.72. The largest absolute Gasteiger partial charge is 0.273 e. The molecule has 2 heterocycles. The van der Waals surface area contributed by atoms with Gasteiger partial charge in [0.25, 0.3) is 0 Å². The standard InChI is InChI=1S/C9H9N3O/c13-9-4-3-8(11-12-9)7-2-1-5-10-6-7/h1-2,5-6H,3-4H2,(H,12,13). The van der Waals surface area contributed by atoms with Crippen LogP contribution in [0, 0.1) is 0 Å². The van der Waals surface area contributed by atoms with Gasteiger partial charge < -0.3 is 0 Å². The van der Waals surface area contributed by atoms with Crippen molar-refractivity contribution in [1.29, 1.82) is 0 Å². The molecule has 0 aromatic carbocycles. The maximum atomic E-state index is 10.8. The molecule has 1 aliphatic heterocycles. The molecule has 0 radical (unpaired) electrons. The Morgan fingerprint density at radius 1 is 1.38 bits per heavy atom. The van der Waals surface area contributed by atoms with E-state index in [0.717, 1.165) is 11.3 Å². The van der Waals surface area contributed by atoms with Crippen LogP contribution in [0.4, 0.5) is 0 Å². The van der Waals surface area contributed by atoms with Crippen molar-refractivity contribution in [2.24, 2.45) is 5.10 Å². The number of amides is 1. The van der Waals surface area contributed by atoms with Crippen LogP contribution in [0.3, 0.4) is 0 Å². The van der Waals surface area contributed by atoms with E-state index in [-0.39, 0.29) is 5.91 Å². The second kappa shape index (κ2) is 3.35. The Balaban J connectivity index is 2.23. The Kier molecular flexibility index (Phi) is 2.04. The molecule has 4 heteroatoms. The first-order chi connectivity index (χ1) is 6.36. The minimum atomic E-state index is -0.0207. The summed E-state index contributed by atoms with van der Waals surface area (Å²) in [7, 11) is 0. The minimum Gasteiger partial charge on any atom is -0.273 e. The number of carbonyl (C=O) groups excluding carboxylic acids is 1. The molecular formula is C9H9N3O. The number of aromatic nitrogens is 1. The van der Waals surface area contributed by atoms with Gasteiger partial charge >= 0.3 is 0 Å². The van der Waals surface area contributed by atoms with Gasteiger partial charge in [0.1, 0.15) is 0 Å². The third-order valence-electron chi connectivity index (χ3n) is 1.90. The summed E-state index contributed by atoms with van der Waals surface area (Å²) in [4.78, 5) is 14.8. The monoisotopic (exact) mass is 175 g/mol. The number of hydrazone groups is 1. The summed E-state index contributed by atoms with van der Waals surface area (Å²) in [5, 5.41) is 3.96. The average Bonchev–Trinajstić information content (AvgIpc) is 2.20. The molecule has 0 aliphatic carbocycles. The SMILES string of the molecule is O=C1CCC(c2cccnc2)=NN1. The molecule has 1 aliphatic rings. The molecule has 13 heavy (non-hydrogen) atoms. The van der Waals surface area contributed by atoms with Gasteiger partial charge in [-0.15, -0.1) is 0 Å². The highest BCUT2D eigenvalue weighted by Crippen LogP contribution is 2.07. The van der Waals surface area contributed by atoms with Gasteiger partial charge in [-0.05, 0) is 6.07 Å². The highest BCUT2D eigenvalue weighted by Gasteiger charge is 2.12. The van der Waals surface area contributed by atoms with Gasteiger partial charge in [-0.1, -0.05) is 6.07 Å². The van der Waals surface area contributed by atoms with Gasteiger partial charge in [0.05, 0.1) is 5.71 Å². The second-order valence-electron chi connectivity index (χ2n) is 2.84. The molecule has 1 aromatic heterocycles. The zero-order chi connectivity index (χ0) is 9.10. The van der Waals surface area contributed by atoms with Crippen LogP contribution < -0.4 is 5.43 Å². The quantitative estimate of drug-likeness (QED) is 0.682. The van der Waals surface area contributed by atoms with Crippen molar-refractivity contribution < 1.29 is 4.79 Å². The predicted octanol–water partition coefficient (Wildman–Crippen LogP) is 0.696. The van der Waals surface area contributed by atoms with Crippen molar-refractivity contribution in [2.45, 2.75) is 12.8 Å². The first kappa shape index (κ1) is 7.91. The second-order valence-corrected chi connectivity index (χ2v) is 2.84. The van der Waals surface area contributed by atoms with Crippen LogP contribution in [0.2, 0.25) is 0 Å². The summed E-state index contributed by atoms with van der Waals surface area (Å²) in [5.41, 5.74) is 4.32. The van der Waals surface area contributed by atoms with Gasteiger partial charge in [0.15, 0.2) is 0 Å². The number of carbonyl (C=O) groups is 1. The number of nitrogens with zero attached hydrogens (tertiary/aromatic N) is 2. The molecule has 2 rings (SSSR count). The lowest BCUT2D eigenvalue weighted by Gasteiger charge is -2.10.